The summed E-state index contributed by atoms with van der Waals surface area (Å²) in [4.78, 5) is 8.86. The van der Waals surface area contributed by atoms with Gasteiger partial charge in [0.05, 0.1) is 18.4 Å². The van der Waals surface area contributed by atoms with Gasteiger partial charge in [0.1, 0.15) is 18.5 Å². The van der Waals surface area contributed by atoms with E-state index >= 15 is 0 Å². The number of benzene rings is 1. The van der Waals surface area contributed by atoms with Crippen LogP contribution in [0.3, 0.4) is 0 Å². The van der Waals surface area contributed by atoms with E-state index in [2.05, 4.69) is 21.1 Å². The minimum absolute atomic E-state index is 0.231. The molecule has 9 heteroatoms. The molecule has 164 valence electrons. The van der Waals surface area contributed by atoms with Crippen LogP contribution in [0, 0.1) is 6.92 Å². The number of ether oxygens (including phenoxy) is 1. The molecule has 4 heterocycles. The van der Waals surface area contributed by atoms with Gasteiger partial charge in [-0.25, -0.2) is 18.7 Å². The Hall–Kier alpha value is -3.75. The van der Waals surface area contributed by atoms with E-state index < -0.39 is 13.0 Å². The Morgan fingerprint density at radius 2 is 2.06 bits per heavy atom. The lowest BCUT2D eigenvalue weighted by atomic mass is 9.99. The van der Waals surface area contributed by atoms with Crippen molar-refractivity contribution in [2.75, 3.05) is 5.73 Å². The first-order chi connectivity index (χ1) is 15.4. The van der Waals surface area contributed by atoms with Crippen molar-refractivity contribution in [3.05, 3.63) is 65.7 Å². The molecule has 7 nitrogen and oxygen atoms in total. The van der Waals surface area contributed by atoms with Crippen molar-refractivity contribution in [3.63, 3.8) is 0 Å². The Morgan fingerprint density at radius 1 is 1.22 bits per heavy atom. The van der Waals surface area contributed by atoms with Crippen LogP contribution in [0.15, 0.2) is 49.1 Å². The molecule has 0 saturated heterocycles. The van der Waals surface area contributed by atoms with Crippen molar-refractivity contribution in [3.8, 4) is 28.4 Å². The molecule has 1 aliphatic rings. The third-order valence-corrected chi connectivity index (χ3v) is 5.63. The number of alkyl halides is 2. The molecule has 5 rings (SSSR count). The number of nitrogen functional groups attached to an aromatic ring is 1. The maximum absolute atomic E-state index is 13.3. The summed E-state index contributed by atoms with van der Waals surface area (Å²) in [6.45, 7) is 3.85. The molecule has 0 spiro atoms. The lowest BCUT2D eigenvalue weighted by Crippen LogP contribution is -2.13. The Labute approximate surface area is 183 Å². The number of fused-ring (bicyclic) bond motifs is 7. The molecule has 1 unspecified atom stereocenters. The minimum Gasteiger partial charge on any atom is -0.482 e. The highest BCUT2D eigenvalue weighted by Crippen LogP contribution is 2.37. The predicted molar refractivity (Wildman–Crippen MR) is 116 cm³/mol. The zero-order valence-corrected chi connectivity index (χ0v) is 17.7. The molecule has 0 fully saturated rings. The van der Waals surface area contributed by atoms with Gasteiger partial charge in [0.2, 0.25) is 0 Å². The molecule has 4 aromatic rings. The summed E-state index contributed by atoms with van der Waals surface area (Å²) >= 11 is 0. The molecule has 0 amide bonds. The summed E-state index contributed by atoms with van der Waals surface area (Å²) in [6.07, 6.45) is 3.89. The number of rotatable bonds is 2. The van der Waals surface area contributed by atoms with Crippen LogP contribution in [-0.2, 0) is 13.1 Å². The van der Waals surface area contributed by atoms with Crippen LogP contribution in [-0.4, -0.2) is 30.7 Å². The van der Waals surface area contributed by atoms with Gasteiger partial charge in [-0.15, -0.1) is 0 Å². The Kier molecular flexibility index (Phi) is 4.88. The minimum atomic E-state index is -2.54. The molecular weight excluding hydrogens is 414 g/mol. The molecule has 1 atom stereocenters. The van der Waals surface area contributed by atoms with Crippen molar-refractivity contribution in [1.82, 2.24) is 24.3 Å². The molecular formula is C23H22F2N6O. The number of hydrogen-bond donors (Lipinski definition) is 1. The summed E-state index contributed by atoms with van der Waals surface area (Å²) in [5, 5.41) is 4.24. The summed E-state index contributed by atoms with van der Waals surface area (Å²) in [5.41, 5.74) is 11.0. The molecule has 2 N–H and O–H groups in total. The van der Waals surface area contributed by atoms with Crippen LogP contribution in [0.1, 0.15) is 29.7 Å². The highest BCUT2D eigenvalue weighted by molar-refractivity contribution is 5.68. The zero-order valence-electron chi connectivity index (χ0n) is 17.7. The van der Waals surface area contributed by atoms with Crippen LogP contribution in [0.5, 0.6) is 5.75 Å². The highest BCUT2D eigenvalue weighted by atomic mass is 19.3. The maximum Gasteiger partial charge on any atom is 0.257 e. The Bertz CT molecular complexity index is 1300. The second kappa shape index (κ2) is 7.74. The van der Waals surface area contributed by atoms with E-state index in [0.29, 0.717) is 23.6 Å². The normalized spacial score (nSPS) is 15.2. The van der Waals surface area contributed by atoms with E-state index in [9.17, 15) is 8.78 Å². The van der Waals surface area contributed by atoms with Crippen LogP contribution in [0.25, 0.3) is 22.6 Å². The lowest BCUT2D eigenvalue weighted by Gasteiger charge is -2.22. The third kappa shape index (κ3) is 3.49. The third-order valence-electron chi connectivity index (χ3n) is 5.63. The second-order valence-electron chi connectivity index (χ2n) is 7.93. The fourth-order valence-electron chi connectivity index (χ4n) is 4.16. The van der Waals surface area contributed by atoms with Gasteiger partial charge in [-0.1, -0.05) is 23.8 Å². The van der Waals surface area contributed by atoms with E-state index in [1.165, 1.54) is 4.68 Å². The molecule has 0 aliphatic carbocycles. The van der Waals surface area contributed by atoms with Crippen molar-refractivity contribution in [2.45, 2.75) is 39.5 Å². The van der Waals surface area contributed by atoms with Gasteiger partial charge in [0.25, 0.3) is 6.43 Å². The molecule has 0 radical (unpaired) electrons. The maximum atomic E-state index is 13.3. The van der Waals surface area contributed by atoms with Gasteiger partial charge >= 0.3 is 0 Å². The van der Waals surface area contributed by atoms with Crippen LogP contribution >= 0.6 is 0 Å². The van der Waals surface area contributed by atoms with Gasteiger partial charge in [0.15, 0.2) is 11.6 Å². The van der Waals surface area contributed by atoms with Crippen molar-refractivity contribution >= 4 is 5.82 Å². The largest absolute Gasteiger partial charge is 0.482 e. The molecule has 1 aromatic carbocycles. The number of imidazole rings is 1. The fourth-order valence-corrected chi connectivity index (χ4v) is 4.16. The standard InChI is InChI=1S/C23H22F2N6O/c1-13-3-4-17-18(7-13)14(2)32-19-8-15(9-28-22(19)26)21-16(10-29-31(21)12-20(24)25)11-30-6-5-27-23(17)30/h3-10,14,20H,11-12H2,1-2H3,(H2,26,28). The summed E-state index contributed by atoms with van der Waals surface area (Å²) in [6, 6.07) is 7.87. The molecule has 32 heavy (non-hydrogen) atoms. The molecule has 1 aliphatic heterocycles. The number of nitrogens with two attached hydrogens (primary N) is 1. The summed E-state index contributed by atoms with van der Waals surface area (Å²) in [7, 11) is 0. The lowest BCUT2D eigenvalue weighted by molar-refractivity contribution is 0.122. The Balaban J connectivity index is 1.76. The number of nitrogens with zero attached hydrogens (tertiary/aromatic N) is 5. The molecule has 2 bridgehead atoms. The van der Waals surface area contributed by atoms with Crippen molar-refractivity contribution in [1.29, 1.82) is 0 Å². The number of aromatic nitrogens is 5. The number of halogens is 2. The smallest absolute Gasteiger partial charge is 0.257 e. The van der Waals surface area contributed by atoms with Crippen LogP contribution in [0.4, 0.5) is 14.6 Å². The molecule has 3 aromatic heterocycles. The highest BCUT2D eigenvalue weighted by Gasteiger charge is 2.23. The first-order valence-corrected chi connectivity index (χ1v) is 10.3. The average molecular weight is 436 g/mol. The quantitative estimate of drug-likeness (QED) is 0.501. The SMILES string of the molecule is Cc1ccc2c(c1)C(C)Oc1cc(cnc1N)-c1c(cnn1CC(F)F)Cn1ccnc1-2. The predicted octanol–water partition coefficient (Wildman–Crippen LogP) is 4.47. The van der Waals surface area contributed by atoms with Gasteiger partial charge < -0.3 is 15.0 Å². The van der Waals surface area contributed by atoms with E-state index in [1.807, 2.05) is 36.7 Å². The topological polar surface area (TPSA) is 83.8 Å². The van der Waals surface area contributed by atoms with Crippen molar-refractivity contribution < 1.29 is 13.5 Å². The zero-order chi connectivity index (χ0) is 22.4. The first kappa shape index (κ1) is 20.2. The summed E-state index contributed by atoms with van der Waals surface area (Å²) in [5.74, 6) is 1.38. The number of anilines is 1. The number of aryl methyl sites for hydroxylation is 1. The number of pyridine rings is 1. The average Bonchev–Trinajstić information content (AvgIpc) is 3.36. The van der Waals surface area contributed by atoms with E-state index in [1.54, 1.807) is 24.7 Å². The van der Waals surface area contributed by atoms with Gasteiger partial charge in [0, 0.05) is 40.8 Å². The molecule has 0 saturated carbocycles. The van der Waals surface area contributed by atoms with Crippen molar-refractivity contribution in [2.24, 2.45) is 0 Å². The first-order valence-electron chi connectivity index (χ1n) is 10.3. The second-order valence-corrected chi connectivity index (χ2v) is 7.93. The van der Waals surface area contributed by atoms with E-state index in [-0.39, 0.29) is 11.9 Å². The van der Waals surface area contributed by atoms with E-state index in [0.717, 1.165) is 28.1 Å². The Morgan fingerprint density at radius 3 is 2.88 bits per heavy atom. The van der Waals surface area contributed by atoms with Gasteiger partial charge in [-0.3, -0.25) is 4.68 Å². The van der Waals surface area contributed by atoms with Crippen LogP contribution in [0.2, 0.25) is 0 Å². The summed E-state index contributed by atoms with van der Waals surface area (Å²) < 4.78 is 36.0. The van der Waals surface area contributed by atoms with E-state index in [4.69, 9.17) is 10.5 Å². The number of hydrogen-bond acceptors (Lipinski definition) is 5. The van der Waals surface area contributed by atoms with Crippen LogP contribution < -0.4 is 10.5 Å². The fraction of sp³-hybridized carbons (Fsp3) is 0.261. The monoisotopic (exact) mass is 436 g/mol. The van der Waals surface area contributed by atoms with Gasteiger partial charge in [-0.2, -0.15) is 5.10 Å². The van der Waals surface area contributed by atoms with Gasteiger partial charge in [-0.05, 0) is 19.9 Å².